The van der Waals surface area contributed by atoms with Crippen LogP contribution in [0.4, 0.5) is 4.39 Å². The summed E-state index contributed by atoms with van der Waals surface area (Å²) in [7, 11) is 0. The fourth-order valence-corrected chi connectivity index (χ4v) is 8.73. The van der Waals surface area contributed by atoms with Crippen molar-refractivity contribution in [3.05, 3.63) is 219 Å². The van der Waals surface area contributed by atoms with Crippen molar-refractivity contribution in [2.24, 2.45) is 0 Å². The van der Waals surface area contributed by atoms with Crippen molar-refractivity contribution in [3.8, 4) is 45.3 Å². The van der Waals surface area contributed by atoms with Gasteiger partial charge in [-0.25, -0.2) is 9.97 Å². The molecule has 13 aromatic rings. The molecule has 0 aliphatic rings. The number of hydrogen-bond acceptors (Lipinski definition) is 5. The SMILES string of the molecule is Fc1c[c-]c(-c2ccccn2)cc1.[Ir].[c-]1ccc2c(oc3cc(-c4ccccc4)ccc32)c1-c1cc2c(cn1)c1ccccc1n2-c1ncc2c(n1)c1ccccc1n2-c1ccccc1. The third-order valence-electron chi connectivity index (χ3n) is 11.7. The van der Waals surface area contributed by atoms with E-state index in [9.17, 15) is 4.39 Å². The zero-order chi connectivity index (χ0) is 42.6. The molecular formula is C56H33FIrN6O-2. The minimum absolute atomic E-state index is 0. The van der Waals surface area contributed by atoms with Gasteiger partial charge in [0.25, 0.3) is 0 Å². The van der Waals surface area contributed by atoms with Crippen LogP contribution in [0.3, 0.4) is 0 Å². The fraction of sp³-hybridized carbons (Fsp3) is 0. The molecule has 0 aliphatic carbocycles. The topological polar surface area (TPSA) is 74.6 Å². The molecule has 6 aromatic heterocycles. The van der Waals surface area contributed by atoms with Crippen LogP contribution in [0.25, 0.3) is 111 Å². The summed E-state index contributed by atoms with van der Waals surface area (Å²) in [5.41, 5.74) is 13.0. The Balaban J connectivity index is 0.000000289. The Hall–Kier alpha value is -8.10. The normalized spacial score (nSPS) is 11.3. The molecule has 65 heavy (non-hydrogen) atoms. The summed E-state index contributed by atoms with van der Waals surface area (Å²) in [6.45, 7) is 0. The summed E-state index contributed by atoms with van der Waals surface area (Å²) in [6.07, 6.45) is 5.60. The molecule has 0 amide bonds. The summed E-state index contributed by atoms with van der Waals surface area (Å²) >= 11 is 0. The number of nitrogens with zero attached hydrogens (tertiary/aromatic N) is 6. The molecule has 0 spiro atoms. The number of hydrogen-bond donors (Lipinski definition) is 0. The molecule has 13 rings (SSSR count). The van der Waals surface area contributed by atoms with Crippen LogP contribution in [-0.4, -0.2) is 29.1 Å². The first-order valence-corrected chi connectivity index (χ1v) is 20.9. The maximum atomic E-state index is 12.6. The predicted molar refractivity (Wildman–Crippen MR) is 254 cm³/mol. The minimum Gasteiger partial charge on any atom is -0.501 e. The van der Waals surface area contributed by atoms with E-state index in [0.717, 1.165) is 105 Å². The van der Waals surface area contributed by atoms with Crippen molar-refractivity contribution in [2.75, 3.05) is 0 Å². The molecule has 0 saturated carbocycles. The molecular weight excluding hydrogens is 984 g/mol. The van der Waals surface area contributed by atoms with Crippen molar-refractivity contribution in [2.45, 2.75) is 0 Å². The van der Waals surface area contributed by atoms with E-state index in [1.807, 2.05) is 48.8 Å². The van der Waals surface area contributed by atoms with E-state index >= 15 is 0 Å². The van der Waals surface area contributed by atoms with Crippen LogP contribution in [0.15, 0.2) is 205 Å². The van der Waals surface area contributed by atoms with E-state index in [-0.39, 0.29) is 25.9 Å². The second-order valence-electron chi connectivity index (χ2n) is 15.4. The van der Waals surface area contributed by atoms with Gasteiger partial charge in [-0.1, -0.05) is 126 Å². The Labute approximate surface area is 385 Å². The van der Waals surface area contributed by atoms with E-state index < -0.39 is 0 Å². The van der Waals surface area contributed by atoms with Gasteiger partial charge in [-0.3, -0.25) is 8.96 Å². The van der Waals surface area contributed by atoms with Gasteiger partial charge >= 0.3 is 0 Å². The average molecular weight is 1020 g/mol. The molecule has 7 nitrogen and oxygen atoms in total. The van der Waals surface area contributed by atoms with E-state index in [1.54, 1.807) is 12.3 Å². The first-order chi connectivity index (χ1) is 31.7. The molecule has 0 unspecified atom stereocenters. The predicted octanol–water partition coefficient (Wildman–Crippen LogP) is 13.8. The number of fused-ring (bicyclic) bond motifs is 9. The van der Waals surface area contributed by atoms with Crippen molar-refractivity contribution < 1.29 is 28.9 Å². The van der Waals surface area contributed by atoms with Crippen molar-refractivity contribution in [1.29, 1.82) is 0 Å². The zero-order valence-electron chi connectivity index (χ0n) is 34.4. The van der Waals surface area contributed by atoms with Gasteiger partial charge in [-0.05, 0) is 58.9 Å². The van der Waals surface area contributed by atoms with E-state index in [2.05, 4.69) is 154 Å². The van der Waals surface area contributed by atoms with Crippen molar-refractivity contribution >= 4 is 65.7 Å². The fourth-order valence-electron chi connectivity index (χ4n) is 8.73. The molecule has 0 fully saturated rings. The van der Waals surface area contributed by atoms with Gasteiger partial charge in [0.15, 0.2) is 0 Å². The van der Waals surface area contributed by atoms with E-state index in [1.165, 1.54) is 12.1 Å². The Bertz CT molecular complexity index is 3850. The first kappa shape index (κ1) is 39.7. The maximum absolute atomic E-state index is 12.6. The van der Waals surface area contributed by atoms with Gasteiger partial charge in [0.2, 0.25) is 5.95 Å². The standard InChI is InChI=1S/C45H26N5O.C11H7FN.Ir/c1-3-12-28(13-4-1)29-22-23-32-33-18-11-19-34(44(33)51-42(32)24-29)37-25-40-36(26-46-37)31-16-7-9-20-38(31)50(40)45-47-27-41-43(48-45)35-17-8-10-21-39(35)49(41)30-14-5-2-6-15-30;12-10-6-4-9(5-7-10)11-3-1-2-8-13-11;/h1-18,20-27H;1-4,6-8H;/q2*-1;. The molecule has 6 heterocycles. The quantitative estimate of drug-likeness (QED) is 0.161. The van der Waals surface area contributed by atoms with Gasteiger partial charge in [0.05, 0.1) is 33.8 Å². The van der Waals surface area contributed by atoms with Crippen molar-refractivity contribution in [3.63, 3.8) is 0 Å². The Morgan fingerprint density at radius 2 is 1.26 bits per heavy atom. The summed E-state index contributed by atoms with van der Waals surface area (Å²) in [5.74, 6) is 0.320. The van der Waals surface area contributed by atoms with Gasteiger partial charge in [0, 0.05) is 65.5 Å². The van der Waals surface area contributed by atoms with Gasteiger partial charge < -0.3 is 19.0 Å². The molecule has 0 N–H and O–H groups in total. The molecule has 0 saturated heterocycles. The minimum atomic E-state index is -0.278. The van der Waals surface area contributed by atoms with Gasteiger partial charge in [-0.2, -0.15) is 0 Å². The molecule has 311 valence electrons. The smallest absolute Gasteiger partial charge is 0.235 e. The largest absolute Gasteiger partial charge is 0.501 e. The monoisotopic (exact) mass is 1020 g/mol. The second kappa shape index (κ2) is 16.5. The Kier molecular flexibility index (Phi) is 10.1. The van der Waals surface area contributed by atoms with Crippen LogP contribution in [0, 0.1) is 17.9 Å². The van der Waals surface area contributed by atoms with Crippen LogP contribution in [0.2, 0.25) is 0 Å². The summed E-state index contributed by atoms with van der Waals surface area (Å²) < 4.78 is 23.5. The van der Waals surface area contributed by atoms with E-state index in [0.29, 0.717) is 5.95 Å². The van der Waals surface area contributed by atoms with Crippen LogP contribution >= 0.6 is 0 Å². The number of pyridine rings is 2. The molecule has 0 atom stereocenters. The van der Waals surface area contributed by atoms with Gasteiger partial charge in [-0.15, -0.1) is 48.0 Å². The van der Waals surface area contributed by atoms with Crippen molar-refractivity contribution in [1.82, 2.24) is 29.1 Å². The maximum Gasteiger partial charge on any atom is 0.235 e. The number of para-hydroxylation sites is 3. The molecule has 0 aliphatic heterocycles. The molecule has 0 bridgehead atoms. The van der Waals surface area contributed by atoms with Crippen LogP contribution in [0.5, 0.6) is 0 Å². The third-order valence-corrected chi connectivity index (χ3v) is 11.7. The zero-order valence-corrected chi connectivity index (χ0v) is 36.8. The van der Waals surface area contributed by atoms with Crippen LogP contribution in [-0.2, 0) is 20.1 Å². The summed E-state index contributed by atoms with van der Waals surface area (Å²) in [4.78, 5) is 19.4. The van der Waals surface area contributed by atoms with E-state index in [4.69, 9.17) is 19.4 Å². The number of halogens is 1. The first-order valence-electron chi connectivity index (χ1n) is 20.9. The summed E-state index contributed by atoms with van der Waals surface area (Å²) in [6, 6.07) is 66.3. The van der Waals surface area contributed by atoms with Crippen LogP contribution < -0.4 is 0 Å². The summed E-state index contributed by atoms with van der Waals surface area (Å²) in [5, 5.41) is 5.27. The number of rotatable bonds is 5. The Morgan fingerprint density at radius 3 is 2.05 bits per heavy atom. The number of aromatic nitrogens is 6. The second-order valence-corrected chi connectivity index (χ2v) is 15.4. The molecule has 9 heteroatoms. The molecule has 7 aromatic carbocycles. The van der Waals surface area contributed by atoms with Gasteiger partial charge in [0.1, 0.15) is 11.1 Å². The number of furan rings is 1. The average Bonchev–Trinajstić information content (AvgIpc) is 4.02. The molecule has 1 radical (unpaired) electrons. The van der Waals surface area contributed by atoms with Crippen LogP contribution in [0.1, 0.15) is 0 Å². The Morgan fingerprint density at radius 1 is 0.508 bits per heavy atom. The third kappa shape index (κ3) is 6.95. The number of benzene rings is 7.